The van der Waals surface area contributed by atoms with E-state index in [1.165, 1.54) is 28.1 Å². The van der Waals surface area contributed by atoms with E-state index in [1.54, 1.807) is 0 Å². The molecule has 0 bridgehead atoms. The lowest BCUT2D eigenvalue weighted by atomic mass is 10.0. The predicted molar refractivity (Wildman–Crippen MR) is 88.3 cm³/mol. The third-order valence-corrected chi connectivity index (χ3v) is 4.31. The van der Waals surface area contributed by atoms with E-state index in [4.69, 9.17) is 0 Å². The zero-order chi connectivity index (χ0) is 15.0. The number of halogens is 1. The minimum absolute atomic E-state index is 0.238. The predicted octanol–water partition coefficient (Wildman–Crippen LogP) is 4.59. The molecule has 3 nitrogen and oxygen atoms in total. The topological polar surface area (TPSA) is 29.9 Å². The number of aryl methyl sites for hydroxylation is 4. The number of benzene rings is 1. The third-order valence-electron chi connectivity index (χ3n) is 3.86. The first-order valence-electron chi connectivity index (χ1n) is 6.84. The average Bonchev–Trinajstić information content (AvgIpc) is 2.58. The van der Waals surface area contributed by atoms with Gasteiger partial charge < -0.3 is 5.32 Å². The summed E-state index contributed by atoms with van der Waals surface area (Å²) in [6.07, 6.45) is 0. The van der Waals surface area contributed by atoms with E-state index in [0.29, 0.717) is 0 Å². The highest BCUT2D eigenvalue weighted by atomic mass is 79.9. The molecule has 2 rings (SSSR count). The number of nitrogens with zero attached hydrogens (tertiary/aromatic N) is 2. The molecule has 1 aromatic heterocycles. The summed E-state index contributed by atoms with van der Waals surface area (Å²) in [4.78, 5) is 0. The van der Waals surface area contributed by atoms with E-state index in [-0.39, 0.29) is 6.04 Å². The Morgan fingerprint density at radius 3 is 2.15 bits per heavy atom. The van der Waals surface area contributed by atoms with Crippen LogP contribution in [0.3, 0.4) is 0 Å². The number of hydrogen-bond acceptors (Lipinski definition) is 2. The van der Waals surface area contributed by atoms with Gasteiger partial charge in [0.05, 0.1) is 11.7 Å². The van der Waals surface area contributed by atoms with Gasteiger partial charge in [-0.2, -0.15) is 5.10 Å². The van der Waals surface area contributed by atoms with Crippen molar-refractivity contribution < 1.29 is 0 Å². The lowest BCUT2D eigenvalue weighted by Gasteiger charge is -2.20. The van der Waals surface area contributed by atoms with Crippen LogP contribution in [0.4, 0.5) is 5.69 Å². The Morgan fingerprint density at radius 1 is 1.15 bits per heavy atom. The SMILES string of the molecule is Cc1cc(Br)cc(C)c1NC(C)c1c(C)nn(C)c1C. The van der Waals surface area contributed by atoms with Crippen LogP contribution in [-0.2, 0) is 7.05 Å². The molecule has 0 spiro atoms. The Balaban J connectivity index is 2.35. The van der Waals surface area contributed by atoms with Crippen molar-refractivity contribution in [3.63, 3.8) is 0 Å². The van der Waals surface area contributed by atoms with Crippen molar-refractivity contribution in [2.24, 2.45) is 7.05 Å². The fraction of sp³-hybridized carbons (Fsp3) is 0.438. The highest BCUT2D eigenvalue weighted by Gasteiger charge is 2.17. The molecular formula is C16H22BrN3. The summed E-state index contributed by atoms with van der Waals surface area (Å²) in [5.41, 5.74) is 7.32. The van der Waals surface area contributed by atoms with Crippen LogP contribution in [0, 0.1) is 27.7 Å². The quantitative estimate of drug-likeness (QED) is 0.888. The molecule has 1 N–H and O–H groups in total. The second-order valence-corrected chi connectivity index (χ2v) is 6.40. The number of anilines is 1. The molecule has 1 aromatic carbocycles. The van der Waals surface area contributed by atoms with E-state index in [0.717, 1.165) is 10.2 Å². The van der Waals surface area contributed by atoms with Crippen molar-refractivity contribution in [1.82, 2.24) is 9.78 Å². The first kappa shape index (κ1) is 15.1. The molecule has 1 unspecified atom stereocenters. The van der Waals surface area contributed by atoms with Gasteiger partial charge in [0, 0.05) is 28.5 Å². The maximum atomic E-state index is 4.50. The van der Waals surface area contributed by atoms with Crippen molar-refractivity contribution >= 4 is 21.6 Å². The highest BCUT2D eigenvalue weighted by molar-refractivity contribution is 9.10. The fourth-order valence-corrected chi connectivity index (χ4v) is 3.53. The Bertz CT molecular complexity index is 620. The summed E-state index contributed by atoms with van der Waals surface area (Å²) >= 11 is 3.54. The van der Waals surface area contributed by atoms with Gasteiger partial charge in [-0.25, -0.2) is 0 Å². The Hall–Kier alpha value is -1.29. The highest BCUT2D eigenvalue weighted by Crippen LogP contribution is 2.30. The van der Waals surface area contributed by atoms with E-state index in [1.807, 2.05) is 11.7 Å². The summed E-state index contributed by atoms with van der Waals surface area (Å²) in [7, 11) is 1.99. The third kappa shape index (κ3) is 2.75. The lowest BCUT2D eigenvalue weighted by molar-refractivity contribution is 0.728. The fourth-order valence-electron chi connectivity index (χ4n) is 2.84. The molecular weight excluding hydrogens is 314 g/mol. The Labute approximate surface area is 129 Å². The molecule has 4 heteroatoms. The minimum Gasteiger partial charge on any atom is -0.378 e. The molecule has 2 aromatic rings. The average molecular weight is 336 g/mol. The van der Waals surface area contributed by atoms with Gasteiger partial charge >= 0.3 is 0 Å². The molecule has 0 radical (unpaired) electrons. The molecule has 1 atom stereocenters. The van der Waals surface area contributed by atoms with Crippen LogP contribution in [0.5, 0.6) is 0 Å². The van der Waals surface area contributed by atoms with Gasteiger partial charge in [0.1, 0.15) is 0 Å². The number of aromatic nitrogens is 2. The van der Waals surface area contributed by atoms with Crippen molar-refractivity contribution in [1.29, 1.82) is 0 Å². The summed E-state index contributed by atoms with van der Waals surface area (Å²) < 4.78 is 3.07. The number of nitrogens with one attached hydrogen (secondary N) is 1. The zero-order valence-electron chi connectivity index (χ0n) is 13.0. The van der Waals surface area contributed by atoms with E-state index < -0.39 is 0 Å². The van der Waals surface area contributed by atoms with Crippen LogP contribution in [0.1, 0.15) is 41.0 Å². The summed E-state index contributed by atoms with van der Waals surface area (Å²) in [5, 5.41) is 8.14. The molecule has 0 aliphatic heterocycles. The van der Waals surface area contributed by atoms with E-state index in [2.05, 4.69) is 73.1 Å². The van der Waals surface area contributed by atoms with Crippen molar-refractivity contribution in [3.8, 4) is 0 Å². The van der Waals surface area contributed by atoms with E-state index >= 15 is 0 Å². The molecule has 0 fully saturated rings. The molecule has 0 aliphatic carbocycles. The van der Waals surface area contributed by atoms with Crippen LogP contribution < -0.4 is 5.32 Å². The molecule has 0 amide bonds. The van der Waals surface area contributed by atoms with Gasteiger partial charge in [-0.05, 0) is 57.9 Å². The second kappa shape index (κ2) is 5.60. The van der Waals surface area contributed by atoms with Crippen LogP contribution in [0.25, 0.3) is 0 Å². The first-order valence-corrected chi connectivity index (χ1v) is 7.64. The van der Waals surface area contributed by atoms with Gasteiger partial charge in [0.15, 0.2) is 0 Å². The van der Waals surface area contributed by atoms with Gasteiger partial charge in [0.25, 0.3) is 0 Å². The second-order valence-electron chi connectivity index (χ2n) is 5.49. The molecule has 20 heavy (non-hydrogen) atoms. The molecule has 0 aliphatic rings. The van der Waals surface area contributed by atoms with Crippen molar-refractivity contribution in [2.75, 3.05) is 5.32 Å². The summed E-state index contributed by atoms with van der Waals surface area (Å²) in [6.45, 7) is 10.7. The van der Waals surface area contributed by atoms with Crippen LogP contribution in [0.15, 0.2) is 16.6 Å². The lowest BCUT2D eigenvalue weighted by Crippen LogP contribution is -2.11. The van der Waals surface area contributed by atoms with Crippen LogP contribution >= 0.6 is 15.9 Å². The smallest absolute Gasteiger partial charge is 0.0649 e. The maximum Gasteiger partial charge on any atom is 0.0649 e. The maximum absolute atomic E-state index is 4.50. The Kier molecular flexibility index (Phi) is 4.23. The van der Waals surface area contributed by atoms with E-state index in [9.17, 15) is 0 Å². The standard InChI is InChI=1S/C16H22BrN3/c1-9-7-14(17)8-10(2)16(9)18-11(3)15-12(4)19-20(6)13(15)5/h7-8,11,18H,1-6H3. The van der Waals surface area contributed by atoms with Gasteiger partial charge in [-0.1, -0.05) is 15.9 Å². The number of hydrogen-bond donors (Lipinski definition) is 1. The summed E-state index contributed by atoms with van der Waals surface area (Å²) in [6, 6.07) is 4.53. The summed E-state index contributed by atoms with van der Waals surface area (Å²) in [5.74, 6) is 0. The molecule has 0 saturated carbocycles. The van der Waals surface area contributed by atoms with Gasteiger partial charge in [-0.3, -0.25) is 4.68 Å². The molecule has 1 heterocycles. The van der Waals surface area contributed by atoms with Gasteiger partial charge in [0.2, 0.25) is 0 Å². The minimum atomic E-state index is 0.238. The van der Waals surface area contributed by atoms with Crippen LogP contribution in [-0.4, -0.2) is 9.78 Å². The molecule has 0 saturated heterocycles. The molecule has 108 valence electrons. The first-order chi connectivity index (χ1) is 9.31. The van der Waals surface area contributed by atoms with Crippen molar-refractivity contribution in [3.05, 3.63) is 44.7 Å². The monoisotopic (exact) mass is 335 g/mol. The Morgan fingerprint density at radius 2 is 1.70 bits per heavy atom. The largest absolute Gasteiger partial charge is 0.378 e. The zero-order valence-corrected chi connectivity index (χ0v) is 14.6. The van der Waals surface area contributed by atoms with Gasteiger partial charge in [-0.15, -0.1) is 0 Å². The van der Waals surface area contributed by atoms with Crippen molar-refractivity contribution in [2.45, 2.75) is 40.7 Å². The van der Waals surface area contributed by atoms with Crippen LogP contribution in [0.2, 0.25) is 0 Å². The normalized spacial score (nSPS) is 12.6. The number of rotatable bonds is 3.